The van der Waals surface area contributed by atoms with Gasteiger partial charge in [0.2, 0.25) is 0 Å². The van der Waals surface area contributed by atoms with Crippen LogP contribution in [0.25, 0.3) is 0 Å². The molecule has 0 saturated carbocycles. The van der Waals surface area contributed by atoms with Crippen molar-refractivity contribution in [2.75, 3.05) is 6.54 Å². The van der Waals surface area contributed by atoms with Crippen molar-refractivity contribution in [2.45, 2.75) is 59.9 Å². The number of rotatable bonds is 6. The highest BCUT2D eigenvalue weighted by Gasteiger charge is 2.07. The second-order valence-electron chi connectivity index (χ2n) is 5.47. The number of nitrogens with one attached hydrogen (secondary N) is 1. The van der Waals surface area contributed by atoms with Gasteiger partial charge in [-0.3, -0.25) is 0 Å². The molecule has 0 amide bonds. The SMILES string of the molecule is CC(C)NCCC=CCCC(C)(C)C. The van der Waals surface area contributed by atoms with Crippen molar-refractivity contribution in [3.8, 4) is 0 Å². The van der Waals surface area contributed by atoms with Gasteiger partial charge in [0.15, 0.2) is 0 Å². The Labute approximate surface area is 90.0 Å². The Balaban J connectivity index is 3.29. The van der Waals surface area contributed by atoms with E-state index in [9.17, 15) is 0 Å². The molecule has 14 heavy (non-hydrogen) atoms. The summed E-state index contributed by atoms with van der Waals surface area (Å²) >= 11 is 0. The van der Waals surface area contributed by atoms with Crippen molar-refractivity contribution in [3.05, 3.63) is 12.2 Å². The number of allylic oxidation sites excluding steroid dienone is 1. The summed E-state index contributed by atoms with van der Waals surface area (Å²) in [6.45, 7) is 12.3. The first-order valence-electron chi connectivity index (χ1n) is 5.80. The van der Waals surface area contributed by atoms with E-state index in [1.807, 2.05) is 0 Å². The first kappa shape index (κ1) is 13.7. The van der Waals surface area contributed by atoms with Gasteiger partial charge in [-0.1, -0.05) is 46.8 Å². The molecule has 0 aromatic rings. The molecular formula is C13H27N. The van der Waals surface area contributed by atoms with E-state index in [1.54, 1.807) is 0 Å². The number of hydrogen-bond acceptors (Lipinski definition) is 1. The van der Waals surface area contributed by atoms with Gasteiger partial charge in [-0.25, -0.2) is 0 Å². The fraction of sp³-hybridized carbons (Fsp3) is 0.846. The molecule has 0 atom stereocenters. The van der Waals surface area contributed by atoms with Gasteiger partial charge in [-0.05, 0) is 31.2 Å². The van der Waals surface area contributed by atoms with E-state index in [4.69, 9.17) is 0 Å². The smallest absolute Gasteiger partial charge is 0.00105 e. The second kappa shape index (κ2) is 7.05. The van der Waals surface area contributed by atoms with Crippen LogP contribution in [0.4, 0.5) is 0 Å². The third kappa shape index (κ3) is 11.7. The fourth-order valence-corrected chi connectivity index (χ4v) is 1.21. The summed E-state index contributed by atoms with van der Waals surface area (Å²) in [5.74, 6) is 0. The van der Waals surface area contributed by atoms with Crippen molar-refractivity contribution < 1.29 is 0 Å². The molecule has 0 aliphatic rings. The van der Waals surface area contributed by atoms with Crippen LogP contribution < -0.4 is 5.32 Å². The maximum absolute atomic E-state index is 3.40. The van der Waals surface area contributed by atoms with Crippen LogP contribution in [0, 0.1) is 5.41 Å². The average Bonchev–Trinajstić information content (AvgIpc) is 2.00. The van der Waals surface area contributed by atoms with Crippen molar-refractivity contribution in [1.29, 1.82) is 0 Å². The van der Waals surface area contributed by atoms with Gasteiger partial charge in [0.1, 0.15) is 0 Å². The highest BCUT2D eigenvalue weighted by Crippen LogP contribution is 2.20. The van der Waals surface area contributed by atoms with Gasteiger partial charge in [0.25, 0.3) is 0 Å². The standard InChI is InChI=1S/C13H27N/c1-12(2)14-11-9-7-6-8-10-13(3,4)5/h6-7,12,14H,8-11H2,1-5H3. The molecule has 0 aliphatic heterocycles. The van der Waals surface area contributed by atoms with Gasteiger partial charge in [0.05, 0.1) is 0 Å². The Morgan fingerprint density at radius 3 is 2.14 bits per heavy atom. The van der Waals surface area contributed by atoms with Crippen molar-refractivity contribution >= 4 is 0 Å². The second-order valence-corrected chi connectivity index (χ2v) is 5.47. The van der Waals surface area contributed by atoms with Crippen LogP contribution in [-0.4, -0.2) is 12.6 Å². The zero-order valence-electron chi connectivity index (χ0n) is 10.6. The quantitative estimate of drug-likeness (QED) is 0.505. The summed E-state index contributed by atoms with van der Waals surface area (Å²) in [4.78, 5) is 0. The molecule has 0 rings (SSSR count). The molecule has 0 spiro atoms. The van der Waals surface area contributed by atoms with Crippen LogP contribution in [0.2, 0.25) is 0 Å². The summed E-state index contributed by atoms with van der Waals surface area (Å²) in [7, 11) is 0. The molecule has 0 bridgehead atoms. The van der Waals surface area contributed by atoms with E-state index in [-0.39, 0.29) is 0 Å². The predicted molar refractivity (Wildman–Crippen MR) is 65.6 cm³/mol. The Morgan fingerprint density at radius 1 is 1.07 bits per heavy atom. The first-order chi connectivity index (χ1) is 6.42. The van der Waals surface area contributed by atoms with Crippen molar-refractivity contribution in [3.63, 3.8) is 0 Å². The van der Waals surface area contributed by atoms with E-state index >= 15 is 0 Å². The lowest BCUT2D eigenvalue weighted by Crippen LogP contribution is -2.23. The lowest BCUT2D eigenvalue weighted by molar-refractivity contribution is 0.381. The average molecular weight is 197 g/mol. The molecule has 0 unspecified atom stereocenters. The van der Waals surface area contributed by atoms with E-state index in [0.29, 0.717) is 11.5 Å². The van der Waals surface area contributed by atoms with E-state index < -0.39 is 0 Å². The third-order valence-electron chi connectivity index (χ3n) is 2.09. The minimum absolute atomic E-state index is 0.473. The van der Waals surface area contributed by atoms with Crippen LogP contribution in [0.5, 0.6) is 0 Å². The maximum atomic E-state index is 3.40. The molecule has 1 heteroatoms. The van der Waals surface area contributed by atoms with Crippen molar-refractivity contribution in [1.82, 2.24) is 5.32 Å². The Morgan fingerprint density at radius 2 is 1.64 bits per heavy atom. The zero-order valence-corrected chi connectivity index (χ0v) is 10.6. The van der Waals surface area contributed by atoms with Gasteiger partial charge in [-0.2, -0.15) is 0 Å². The monoisotopic (exact) mass is 197 g/mol. The summed E-state index contributed by atoms with van der Waals surface area (Å²) in [5, 5.41) is 3.40. The highest BCUT2D eigenvalue weighted by molar-refractivity contribution is 4.83. The van der Waals surface area contributed by atoms with Crippen molar-refractivity contribution in [2.24, 2.45) is 5.41 Å². The topological polar surface area (TPSA) is 12.0 Å². The summed E-state index contributed by atoms with van der Waals surface area (Å²) in [6.07, 6.45) is 8.25. The largest absolute Gasteiger partial charge is 0.314 e. The van der Waals surface area contributed by atoms with Crippen LogP contribution >= 0.6 is 0 Å². The maximum Gasteiger partial charge on any atom is 0.00105 e. The van der Waals surface area contributed by atoms with Gasteiger partial charge >= 0.3 is 0 Å². The molecule has 84 valence electrons. The summed E-state index contributed by atoms with van der Waals surface area (Å²) in [5.41, 5.74) is 0.473. The van der Waals surface area contributed by atoms with Gasteiger partial charge in [0, 0.05) is 6.04 Å². The molecule has 1 N–H and O–H groups in total. The van der Waals surface area contributed by atoms with E-state index in [2.05, 4.69) is 52.1 Å². The van der Waals surface area contributed by atoms with E-state index in [1.165, 1.54) is 12.8 Å². The van der Waals surface area contributed by atoms with Crippen LogP contribution in [-0.2, 0) is 0 Å². The van der Waals surface area contributed by atoms with Gasteiger partial charge in [-0.15, -0.1) is 0 Å². The van der Waals surface area contributed by atoms with Crippen LogP contribution in [0.3, 0.4) is 0 Å². The highest BCUT2D eigenvalue weighted by atomic mass is 14.9. The Hall–Kier alpha value is -0.300. The van der Waals surface area contributed by atoms with Gasteiger partial charge < -0.3 is 5.32 Å². The molecule has 0 heterocycles. The fourth-order valence-electron chi connectivity index (χ4n) is 1.21. The zero-order chi connectivity index (χ0) is 11.0. The van der Waals surface area contributed by atoms with E-state index in [0.717, 1.165) is 13.0 Å². The molecule has 0 aromatic carbocycles. The minimum Gasteiger partial charge on any atom is -0.314 e. The molecular weight excluding hydrogens is 170 g/mol. The normalized spacial score (nSPS) is 13.0. The lowest BCUT2D eigenvalue weighted by Gasteiger charge is -2.15. The Bertz CT molecular complexity index is 151. The summed E-state index contributed by atoms with van der Waals surface area (Å²) in [6, 6.07) is 0.609. The summed E-state index contributed by atoms with van der Waals surface area (Å²) < 4.78 is 0. The van der Waals surface area contributed by atoms with Crippen LogP contribution in [0.15, 0.2) is 12.2 Å². The molecule has 0 saturated heterocycles. The molecule has 0 radical (unpaired) electrons. The molecule has 0 aliphatic carbocycles. The Kier molecular flexibility index (Phi) is 6.90. The predicted octanol–water partition coefficient (Wildman–Crippen LogP) is 3.76. The number of hydrogen-bond donors (Lipinski definition) is 1. The first-order valence-corrected chi connectivity index (χ1v) is 5.80. The molecule has 0 aromatic heterocycles. The lowest BCUT2D eigenvalue weighted by atomic mass is 9.90. The molecule has 0 fully saturated rings. The third-order valence-corrected chi connectivity index (χ3v) is 2.09. The molecule has 1 nitrogen and oxygen atoms in total. The minimum atomic E-state index is 0.473. The van der Waals surface area contributed by atoms with Crippen LogP contribution in [0.1, 0.15) is 53.9 Å².